The molecule has 6 nitrogen and oxygen atoms in total. The minimum atomic E-state index is 0.0939. The van der Waals surface area contributed by atoms with E-state index in [1.165, 1.54) is 12.8 Å². The van der Waals surface area contributed by atoms with Crippen molar-refractivity contribution in [2.24, 2.45) is 0 Å². The number of imidazole rings is 1. The average Bonchev–Trinajstić information content (AvgIpc) is 3.12. The van der Waals surface area contributed by atoms with E-state index in [-0.39, 0.29) is 6.03 Å². The van der Waals surface area contributed by atoms with Gasteiger partial charge in [0.05, 0.1) is 17.4 Å². The zero-order valence-electron chi connectivity index (χ0n) is 14.9. The van der Waals surface area contributed by atoms with Gasteiger partial charge in [-0.1, -0.05) is 12.1 Å². The van der Waals surface area contributed by atoms with Gasteiger partial charge in [-0.05, 0) is 44.9 Å². The molecule has 4 rings (SSSR count). The number of likely N-dealkylation sites (N-methyl/N-ethyl adjacent to an activating group) is 1. The van der Waals surface area contributed by atoms with Crippen LogP contribution in [0.3, 0.4) is 0 Å². The molecule has 0 spiro atoms. The molecule has 2 amide bonds. The highest BCUT2D eigenvalue weighted by Gasteiger charge is 2.35. The molecule has 2 fully saturated rings. The van der Waals surface area contributed by atoms with Gasteiger partial charge in [0.2, 0.25) is 0 Å². The van der Waals surface area contributed by atoms with E-state index in [2.05, 4.69) is 32.9 Å². The fourth-order valence-corrected chi connectivity index (χ4v) is 4.24. The number of para-hydroxylation sites is 2. The molecule has 1 aromatic carbocycles. The third-order valence-electron chi connectivity index (χ3n) is 5.82. The van der Waals surface area contributed by atoms with Crippen LogP contribution in [-0.4, -0.2) is 64.1 Å². The maximum Gasteiger partial charge on any atom is 0.317 e. The molecule has 0 aliphatic carbocycles. The van der Waals surface area contributed by atoms with E-state index >= 15 is 0 Å². The first-order valence-corrected chi connectivity index (χ1v) is 9.37. The van der Waals surface area contributed by atoms with Gasteiger partial charge in [0, 0.05) is 38.3 Å². The van der Waals surface area contributed by atoms with Gasteiger partial charge in [-0.25, -0.2) is 9.78 Å². The van der Waals surface area contributed by atoms with Gasteiger partial charge < -0.3 is 14.8 Å². The monoisotopic (exact) mass is 341 g/mol. The van der Waals surface area contributed by atoms with Crippen molar-refractivity contribution in [2.75, 3.05) is 26.7 Å². The zero-order valence-corrected chi connectivity index (χ0v) is 14.9. The third kappa shape index (κ3) is 3.35. The van der Waals surface area contributed by atoms with Crippen molar-refractivity contribution in [1.29, 1.82) is 0 Å². The molecule has 0 saturated carbocycles. The van der Waals surface area contributed by atoms with E-state index in [4.69, 9.17) is 0 Å². The summed E-state index contributed by atoms with van der Waals surface area (Å²) in [6.45, 7) is 3.31. The summed E-state index contributed by atoms with van der Waals surface area (Å²) in [7, 11) is 2.21. The van der Waals surface area contributed by atoms with Crippen LogP contribution in [0.25, 0.3) is 11.0 Å². The number of rotatable bonds is 4. The predicted molar refractivity (Wildman–Crippen MR) is 98.5 cm³/mol. The Morgan fingerprint density at radius 3 is 3.00 bits per heavy atom. The quantitative estimate of drug-likeness (QED) is 0.868. The number of nitrogens with zero attached hydrogens (tertiary/aromatic N) is 4. The standard InChI is InChI=1S/C19H27N5O/c1-22-15-7-8-16(22)13-23(12-9-15)19(25)20-10-4-11-24-14-21-17-5-2-3-6-18(17)24/h2-3,5-6,14-16H,4,7-13H2,1H3,(H,20,25). The summed E-state index contributed by atoms with van der Waals surface area (Å²) in [6, 6.07) is 9.45. The van der Waals surface area contributed by atoms with Crippen LogP contribution in [-0.2, 0) is 6.54 Å². The normalized spacial score (nSPS) is 23.8. The summed E-state index contributed by atoms with van der Waals surface area (Å²) < 4.78 is 2.15. The molecule has 3 heterocycles. The molecular formula is C19H27N5O. The van der Waals surface area contributed by atoms with Crippen LogP contribution in [0.5, 0.6) is 0 Å². The molecular weight excluding hydrogens is 314 g/mol. The lowest BCUT2D eigenvalue weighted by molar-refractivity contribution is 0.188. The largest absolute Gasteiger partial charge is 0.338 e. The molecule has 6 heteroatoms. The van der Waals surface area contributed by atoms with Gasteiger partial charge in [-0.3, -0.25) is 4.90 Å². The van der Waals surface area contributed by atoms with Crippen LogP contribution in [0.1, 0.15) is 25.7 Å². The average molecular weight is 341 g/mol. The van der Waals surface area contributed by atoms with Crippen LogP contribution < -0.4 is 5.32 Å². The maximum atomic E-state index is 12.5. The second-order valence-corrected chi connectivity index (χ2v) is 7.30. The Labute approximate surface area is 148 Å². The summed E-state index contributed by atoms with van der Waals surface area (Å²) in [5, 5.41) is 3.10. The molecule has 2 aliphatic heterocycles. The van der Waals surface area contributed by atoms with E-state index in [1.807, 2.05) is 29.4 Å². The van der Waals surface area contributed by atoms with E-state index in [0.717, 1.165) is 43.5 Å². The minimum absolute atomic E-state index is 0.0939. The van der Waals surface area contributed by atoms with Crippen molar-refractivity contribution in [3.8, 4) is 0 Å². The molecule has 0 radical (unpaired) electrons. The van der Waals surface area contributed by atoms with Crippen molar-refractivity contribution in [3.05, 3.63) is 30.6 Å². The van der Waals surface area contributed by atoms with Gasteiger partial charge in [0.15, 0.2) is 0 Å². The van der Waals surface area contributed by atoms with Crippen molar-refractivity contribution in [3.63, 3.8) is 0 Å². The molecule has 1 aromatic heterocycles. The topological polar surface area (TPSA) is 53.4 Å². The highest BCUT2D eigenvalue weighted by atomic mass is 16.2. The Bertz CT molecular complexity index is 742. The summed E-state index contributed by atoms with van der Waals surface area (Å²) in [5.41, 5.74) is 2.18. The molecule has 2 unspecified atom stereocenters. The number of amides is 2. The first-order valence-electron chi connectivity index (χ1n) is 9.37. The number of benzene rings is 1. The number of urea groups is 1. The van der Waals surface area contributed by atoms with Gasteiger partial charge in [-0.15, -0.1) is 0 Å². The number of aromatic nitrogens is 2. The van der Waals surface area contributed by atoms with Crippen molar-refractivity contribution in [1.82, 2.24) is 24.7 Å². The maximum absolute atomic E-state index is 12.5. The molecule has 2 saturated heterocycles. The van der Waals surface area contributed by atoms with Crippen molar-refractivity contribution >= 4 is 17.1 Å². The lowest BCUT2D eigenvalue weighted by Gasteiger charge is -2.26. The van der Waals surface area contributed by atoms with Crippen molar-refractivity contribution in [2.45, 2.75) is 44.3 Å². The van der Waals surface area contributed by atoms with E-state index in [1.54, 1.807) is 0 Å². The van der Waals surface area contributed by atoms with Gasteiger partial charge >= 0.3 is 6.03 Å². The molecule has 2 aromatic rings. The van der Waals surface area contributed by atoms with Crippen LogP contribution >= 0.6 is 0 Å². The SMILES string of the molecule is CN1C2CCC1CN(C(=O)NCCCn1cnc3ccccc31)CC2. The number of nitrogens with one attached hydrogen (secondary N) is 1. The molecule has 134 valence electrons. The summed E-state index contributed by atoms with van der Waals surface area (Å²) in [4.78, 5) is 21.4. The molecule has 2 aliphatic rings. The van der Waals surface area contributed by atoms with Gasteiger partial charge in [0.1, 0.15) is 0 Å². The number of carbonyl (C=O) groups is 1. The van der Waals surface area contributed by atoms with Crippen LogP contribution in [0.4, 0.5) is 4.79 Å². The van der Waals surface area contributed by atoms with Crippen LogP contribution in [0.15, 0.2) is 30.6 Å². The molecule has 1 N–H and O–H groups in total. The predicted octanol–water partition coefficient (Wildman–Crippen LogP) is 2.30. The fraction of sp³-hybridized carbons (Fsp3) is 0.579. The molecule has 2 atom stereocenters. The van der Waals surface area contributed by atoms with E-state index < -0.39 is 0 Å². The fourth-order valence-electron chi connectivity index (χ4n) is 4.24. The Kier molecular flexibility index (Phi) is 4.61. The second-order valence-electron chi connectivity index (χ2n) is 7.30. The highest BCUT2D eigenvalue weighted by Crippen LogP contribution is 2.28. The smallest absolute Gasteiger partial charge is 0.317 e. The lowest BCUT2D eigenvalue weighted by Crippen LogP contribution is -2.45. The number of likely N-dealkylation sites (tertiary alicyclic amines) is 1. The number of aryl methyl sites for hydroxylation is 1. The second kappa shape index (κ2) is 7.04. The first kappa shape index (κ1) is 16.4. The Morgan fingerprint density at radius 2 is 2.08 bits per heavy atom. The highest BCUT2D eigenvalue weighted by molar-refractivity contribution is 5.75. The van der Waals surface area contributed by atoms with Crippen LogP contribution in [0.2, 0.25) is 0 Å². The van der Waals surface area contributed by atoms with Gasteiger partial charge in [0.25, 0.3) is 0 Å². The Morgan fingerprint density at radius 1 is 1.24 bits per heavy atom. The zero-order chi connectivity index (χ0) is 17.2. The van der Waals surface area contributed by atoms with Crippen molar-refractivity contribution < 1.29 is 4.79 Å². The van der Waals surface area contributed by atoms with Gasteiger partial charge in [-0.2, -0.15) is 0 Å². The third-order valence-corrected chi connectivity index (χ3v) is 5.82. The first-order chi connectivity index (χ1) is 12.2. The Hall–Kier alpha value is -2.08. The molecule has 2 bridgehead atoms. The van der Waals surface area contributed by atoms with E-state index in [0.29, 0.717) is 18.6 Å². The number of fused-ring (bicyclic) bond motifs is 3. The molecule has 25 heavy (non-hydrogen) atoms. The Balaban J connectivity index is 1.25. The van der Waals surface area contributed by atoms with E-state index in [9.17, 15) is 4.79 Å². The van der Waals surface area contributed by atoms with Crippen LogP contribution in [0, 0.1) is 0 Å². The summed E-state index contributed by atoms with van der Waals surface area (Å²) >= 11 is 0. The number of hydrogen-bond acceptors (Lipinski definition) is 3. The summed E-state index contributed by atoms with van der Waals surface area (Å²) in [5.74, 6) is 0. The summed E-state index contributed by atoms with van der Waals surface area (Å²) in [6.07, 6.45) is 6.40. The number of hydrogen-bond donors (Lipinski definition) is 1. The lowest BCUT2D eigenvalue weighted by atomic mass is 10.1. The minimum Gasteiger partial charge on any atom is -0.338 e. The number of carbonyl (C=O) groups excluding carboxylic acids is 1.